The molecule has 3 aromatic rings. The molecule has 3 aromatic heterocycles. The lowest BCUT2D eigenvalue weighted by molar-refractivity contribution is -0.133. The lowest BCUT2D eigenvalue weighted by atomic mass is 10.2. The highest BCUT2D eigenvalue weighted by molar-refractivity contribution is 5.91. The Hall–Kier alpha value is -2.97. The second-order valence-electron chi connectivity index (χ2n) is 6.94. The summed E-state index contributed by atoms with van der Waals surface area (Å²) in [5.41, 5.74) is 3.19. The smallest absolute Gasteiger partial charge is 0.245 e. The second kappa shape index (κ2) is 5.52. The molecule has 2 aliphatic rings. The maximum Gasteiger partial charge on any atom is 0.245 e. The van der Waals surface area contributed by atoms with Crippen LogP contribution >= 0.6 is 0 Å². The van der Waals surface area contributed by atoms with Gasteiger partial charge >= 0.3 is 0 Å². The van der Waals surface area contributed by atoms with Crippen molar-refractivity contribution in [1.29, 1.82) is 0 Å². The third-order valence-corrected chi connectivity index (χ3v) is 5.41. The Labute approximate surface area is 150 Å². The Balaban J connectivity index is 1.57. The van der Waals surface area contributed by atoms with Gasteiger partial charge in [-0.2, -0.15) is 10.2 Å². The number of fused-ring (bicyclic) bond motifs is 3. The fourth-order valence-electron chi connectivity index (χ4n) is 4.12. The van der Waals surface area contributed by atoms with Crippen molar-refractivity contribution in [3.05, 3.63) is 18.6 Å². The highest BCUT2D eigenvalue weighted by atomic mass is 16.2. The number of piperazine rings is 1. The molecule has 1 amide bonds. The molecule has 2 unspecified atom stereocenters. The lowest BCUT2D eigenvalue weighted by Gasteiger charge is -2.39. The molecule has 2 bridgehead atoms. The van der Waals surface area contributed by atoms with E-state index in [1.807, 2.05) is 25.1 Å². The number of anilines is 1. The molecule has 9 heteroatoms. The number of hydrogen-bond donors (Lipinski definition) is 1. The van der Waals surface area contributed by atoms with Gasteiger partial charge in [0, 0.05) is 31.9 Å². The summed E-state index contributed by atoms with van der Waals surface area (Å²) in [4.78, 5) is 26.1. The van der Waals surface area contributed by atoms with E-state index in [4.69, 9.17) is 4.98 Å². The zero-order valence-electron chi connectivity index (χ0n) is 14.8. The molecule has 26 heavy (non-hydrogen) atoms. The summed E-state index contributed by atoms with van der Waals surface area (Å²) in [6.45, 7) is 3.53. The number of aromatic amines is 1. The van der Waals surface area contributed by atoms with Gasteiger partial charge in [0.2, 0.25) is 11.9 Å². The standard InChI is InChI=1S/C17H20N8O/c1-3-24-9-11-4-5-13(16(24)26)25(11)17-18-7-12-15(20-17)14(22-21-12)10-6-19-23(2)8-10/h6-8,11,13H,3-5,9H2,1-2H3,(H,21,22). The van der Waals surface area contributed by atoms with Crippen molar-refractivity contribution in [2.45, 2.75) is 31.8 Å². The molecule has 134 valence electrons. The molecule has 5 rings (SSSR count). The van der Waals surface area contributed by atoms with Crippen LogP contribution in [0, 0.1) is 0 Å². The van der Waals surface area contributed by atoms with Crippen LogP contribution < -0.4 is 4.90 Å². The Morgan fingerprint density at radius 3 is 2.96 bits per heavy atom. The number of likely N-dealkylation sites (N-methyl/N-ethyl adjacent to an activating group) is 1. The van der Waals surface area contributed by atoms with Crippen LogP contribution in [0.2, 0.25) is 0 Å². The average molecular weight is 352 g/mol. The molecule has 1 N–H and O–H groups in total. The van der Waals surface area contributed by atoms with Crippen molar-refractivity contribution < 1.29 is 4.79 Å². The molecule has 9 nitrogen and oxygen atoms in total. The summed E-state index contributed by atoms with van der Waals surface area (Å²) < 4.78 is 1.74. The zero-order chi connectivity index (χ0) is 17.8. The van der Waals surface area contributed by atoms with Crippen LogP contribution in [0.5, 0.6) is 0 Å². The van der Waals surface area contributed by atoms with Crippen LogP contribution in [-0.2, 0) is 11.8 Å². The van der Waals surface area contributed by atoms with Gasteiger partial charge in [-0.3, -0.25) is 14.6 Å². The van der Waals surface area contributed by atoms with Gasteiger partial charge in [0.25, 0.3) is 0 Å². The Morgan fingerprint density at radius 1 is 1.31 bits per heavy atom. The Morgan fingerprint density at radius 2 is 2.19 bits per heavy atom. The first kappa shape index (κ1) is 15.3. The van der Waals surface area contributed by atoms with Crippen LogP contribution in [0.15, 0.2) is 18.6 Å². The zero-order valence-corrected chi connectivity index (χ0v) is 14.8. The number of rotatable bonds is 3. The Bertz CT molecular complexity index is 992. The molecule has 0 radical (unpaired) electrons. The molecule has 2 saturated heterocycles. The summed E-state index contributed by atoms with van der Waals surface area (Å²) in [6, 6.07) is 0.128. The Kier molecular flexibility index (Phi) is 3.25. The summed E-state index contributed by atoms with van der Waals surface area (Å²) in [7, 11) is 1.87. The molecule has 0 spiro atoms. The van der Waals surface area contributed by atoms with Gasteiger partial charge in [-0.15, -0.1) is 0 Å². The van der Waals surface area contributed by atoms with Crippen LogP contribution in [0.25, 0.3) is 22.3 Å². The van der Waals surface area contributed by atoms with Crippen LogP contribution in [0.4, 0.5) is 5.95 Å². The van der Waals surface area contributed by atoms with E-state index < -0.39 is 0 Å². The van der Waals surface area contributed by atoms with Gasteiger partial charge in [0.1, 0.15) is 22.8 Å². The predicted octanol–water partition coefficient (Wildman–Crippen LogP) is 0.953. The third kappa shape index (κ3) is 2.12. The topological polar surface area (TPSA) is 95.8 Å². The molecule has 5 heterocycles. The first-order valence-electron chi connectivity index (χ1n) is 8.93. The normalized spacial score (nSPS) is 22.6. The minimum Gasteiger partial charge on any atom is -0.339 e. The van der Waals surface area contributed by atoms with Gasteiger partial charge < -0.3 is 9.80 Å². The van der Waals surface area contributed by atoms with Crippen molar-refractivity contribution in [3.63, 3.8) is 0 Å². The fraction of sp³-hybridized carbons (Fsp3) is 0.471. The molecule has 0 aliphatic carbocycles. The molecule has 2 aliphatic heterocycles. The fourth-order valence-corrected chi connectivity index (χ4v) is 4.12. The highest BCUT2D eigenvalue weighted by Crippen LogP contribution is 2.35. The summed E-state index contributed by atoms with van der Waals surface area (Å²) in [6.07, 6.45) is 7.29. The molecule has 0 saturated carbocycles. The van der Waals surface area contributed by atoms with E-state index in [9.17, 15) is 4.79 Å². The van der Waals surface area contributed by atoms with Crippen LogP contribution in [0.1, 0.15) is 19.8 Å². The summed E-state index contributed by atoms with van der Waals surface area (Å²) >= 11 is 0. The molecule has 0 aromatic carbocycles. The summed E-state index contributed by atoms with van der Waals surface area (Å²) in [5.74, 6) is 0.797. The van der Waals surface area contributed by atoms with Gasteiger partial charge in [0.15, 0.2) is 0 Å². The van der Waals surface area contributed by atoms with Gasteiger partial charge in [0.05, 0.1) is 18.4 Å². The number of carbonyl (C=O) groups is 1. The first-order chi connectivity index (χ1) is 12.7. The van der Waals surface area contributed by atoms with E-state index >= 15 is 0 Å². The molecular weight excluding hydrogens is 332 g/mol. The van der Waals surface area contributed by atoms with Crippen molar-refractivity contribution in [1.82, 2.24) is 34.8 Å². The van der Waals surface area contributed by atoms with E-state index in [0.717, 1.165) is 48.2 Å². The van der Waals surface area contributed by atoms with E-state index in [1.54, 1.807) is 17.1 Å². The quantitative estimate of drug-likeness (QED) is 0.754. The minimum atomic E-state index is -0.153. The highest BCUT2D eigenvalue weighted by Gasteiger charge is 2.46. The maximum atomic E-state index is 12.7. The number of hydrogen-bond acceptors (Lipinski definition) is 6. The van der Waals surface area contributed by atoms with Crippen molar-refractivity contribution in [2.75, 3.05) is 18.0 Å². The maximum absolute atomic E-state index is 12.7. The second-order valence-corrected chi connectivity index (χ2v) is 6.94. The number of H-pyrrole nitrogens is 1. The largest absolute Gasteiger partial charge is 0.339 e. The molecule has 2 atom stereocenters. The number of aromatic nitrogens is 6. The van der Waals surface area contributed by atoms with Gasteiger partial charge in [-0.1, -0.05) is 0 Å². The van der Waals surface area contributed by atoms with Gasteiger partial charge in [-0.25, -0.2) is 9.97 Å². The minimum absolute atomic E-state index is 0.153. The van der Waals surface area contributed by atoms with E-state index in [2.05, 4.69) is 25.2 Å². The number of carbonyl (C=O) groups excluding carboxylic acids is 1. The van der Waals surface area contributed by atoms with E-state index in [1.165, 1.54) is 0 Å². The third-order valence-electron chi connectivity index (χ3n) is 5.41. The number of amides is 1. The number of nitrogens with zero attached hydrogens (tertiary/aromatic N) is 7. The SMILES string of the molecule is CCN1CC2CCC(C1=O)N2c1ncc2[nH]nc(-c3cnn(C)c3)c2n1. The number of aryl methyl sites for hydroxylation is 1. The molecular formula is C17H20N8O. The van der Waals surface area contributed by atoms with Gasteiger partial charge in [-0.05, 0) is 19.8 Å². The average Bonchev–Trinajstić information content (AvgIpc) is 3.33. The molecule has 2 fully saturated rings. The summed E-state index contributed by atoms with van der Waals surface area (Å²) in [5, 5.41) is 11.6. The number of nitrogens with one attached hydrogen (secondary N) is 1. The number of likely N-dealkylation sites (tertiary alicyclic amines) is 1. The predicted molar refractivity (Wildman–Crippen MR) is 95.4 cm³/mol. The van der Waals surface area contributed by atoms with E-state index in [-0.39, 0.29) is 18.0 Å². The first-order valence-corrected chi connectivity index (χ1v) is 8.93. The monoisotopic (exact) mass is 352 g/mol. The van der Waals surface area contributed by atoms with Crippen molar-refractivity contribution in [3.8, 4) is 11.3 Å². The van der Waals surface area contributed by atoms with Crippen molar-refractivity contribution in [2.24, 2.45) is 7.05 Å². The van der Waals surface area contributed by atoms with E-state index in [0.29, 0.717) is 5.95 Å². The lowest BCUT2D eigenvalue weighted by Crippen LogP contribution is -2.57. The van der Waals surface area contributed by atoms with Crippen LogP contribution in [-0.4, -0.2) is 65.9 Å². The van der Waals surface area contributed by atoms with Crippen LogP contribution in [0.3, 0.4) is 0 Å². The van der Waals surface area contributed by atoms with Crippen molar-refractivity contribution >= 4 is 22.9 Å².